The normalized spacial score (nSPS) is 16.1. The third kappa shape index (κ3) is 2.56. The summed E-state index contributed by atoms with van der Waals surface area (Å²) in [5, 5.41) is 0.646. The second-order valence-electron chi connectivity index (χ2n) is 4.49. The van der Waals surface area contributed by atoms with Crippen molar-refractivity contribution in [1.29, 1.82) is 0 Å². The molecule has 1 saturated carbocycles. The van der Waals surface area contributed by atoms with E-state index in [4.69, 9.17) is 16.3 Å². The fourth-order valence-corrected chi connectivity index (χ4v) is 2.26. The average molecular weight is 267 g/mol. The van der Waals surface area contributed by atoms with Crippen molar-refractivity contribution in [2.75, 3.05) is 6.61 Å². The molecular formula is C14H15ClO3. The Balaban J connectivity index is 2.09. The van der Waals surface area contributed by atoms with Crippen LogP contribution in [0.2, 0.25) is 5.02 Å². The number of hydrogen-bond donors (Lipinski definition) is 0. The topological polar surface area (TPSA) is 43.4 Å². The predicted molar refractivity (Wildman–Crippen MR) is 68.6 cm³/mol. The zero-order chi connectivity index (χ0) is 13.2. The van der Waals surface area contributed by atoms with Crippen molar-refractivity contribution in [2.24, 2.45) is 0 Å². The zero-order valence-corrected chi connectivity index (χ0v) is 11.0. The Kier molecular flexibility index (Phi) is 3.71. The molecule has 4 heteroatoms. The molecule has 0 radical (unpaired) electrons. The Hall–Kier alpha value is -1.35. The minimum atomic E-state index is -0.475. The molecule has 2 rings (SSSR count). The number of ketones is 1. The lowest BCUT2D eigenvalue weighted by Gasteiger charge is -2.14. The molecule has 0 N–H and O–H groups in total. The Morgan fingerprint density at radius 3 is 2.39 bits per heavy atom. The number of carbonyl (C=O) groups excluding carboxylic acids is 2. The molecule has 3 nitrogen and oxygen atoms in total. The van der Waals surface area contributed by atoms with Crippen LogP contribution in [0.15, 0.2) is 24.3 Å². The van der Waals surface area contributed by atoms with Crippen LogP contribution in [-0.4, -0.2) is 18.4 Å². The van der Waals surface area contributed by atoms with Crippen LogP contribution >= 0.6 is 11.6 Å². The van der Waals surface area contributed by atoms with E-state index in [-0.39, 0.29) is 12.2 Å². The molecular weight excluding hydrogens is 252 g/mol. The van der Waals surface area contributed by atoms with E-state index >= 15 is 0 Å². The van der Waals surface area contributed by atoms with Gasteiger partial charge in [0.15, 0.2) is 5.78 Å². The lowest BCUT2D eigenvalue weighted by atomic mass is 9.90. The van der Waals surface area contributed by atoms with Gasteiger partial charge in [0.25, 0.3) is 0 Å². The SMILES string of the molecule is CCOC(=O)CC(=O)C1(c2ccc(Cl)cc2)CC1. The van der Waals surface area contributed by atoms with Crippen molar-refractivity contribution >= 4 is 23.4 Å². The van der Waals surface area contributed by atoms with Crippen LogP contribution in [0.25, 0.3) is 0 Å². The number of rotatable bonds is 5. The number of halogens is 1. The maximum atomic E-state index is 12.2. The standard InChI is InChI=1S/C14H15ClO3/c1-2-18-13(17)9-12(16)14(7-8-14)10-3-5-11(15)6-4-10/h3-6H,2,7-9H2,1H3. The minimum Gasteiger partial charge on any atom is -0.466 e. The van der Waals surface area contributed by atoms with Crippen LogP contribution in [-0.2, 0) is 19.7 Å². The summed E-state index contributed by atoms with van der Waals surface area (Å²) in [6.45, 7) is 2.04. The molecule has 0 aliphatic heterocycles. The van der Waals surface area contributed by atoms with Crippen LogP contribution < -0.4 is 0 Å². The molecule has 18 heavy (non-hydrogen) atoms. The third-order valence-corrected chi connectivity index (χ3v) is 3.54. The summed E-state index contributed by atoms with van der Waals surface area (Å²) in [5.74, 6) is -0.494. The van der Waals surface area contributed by atoms with Gasteiger partial charge >= 0.3 is 5.97 Å². The summed E-state index contributed by atoms with van der Waals surface area (Å²) in [7, 11) is 0. The first-order chi connectivity index (χ1) is 8.58. The van der Waals surface area contributed by atoms with E-state index in [1.165, 1.54) is 0 Å². The molecule has 0 heterocycles. The van der Waals surface area contributed by atoms with Gasteiger partial charge in [-0.2, -0.15) is 0 Å². The summed E-state index contributed by atoms with van der Waals surface area (Å²) in [5.41, 5.74) is 0.471. The van der Waals surface area contributed by atoms with Crippen LogP contribution in [0, 0.1) is 0 Å². The maximum absolute atomic E-state index is 12.2. The molecule has 96 valence electrons. The fraction of sp³-hybridized carbons (Fsp3) is 0.429. The number of ether oxygens (including phenoxy) is 1. The fourth-order valence-electron chi connectivity index (χ4n) is 2.13. The lowest BCUT2D eigenvalue weighted by Crippen LogP contribution is -2.24. The van der Waals surface area contributed by atoms with Crippen LogP contribution in [0.5, 0.6) is 0 Å². The average Bonchev–Trinajstić information content (AvgIpc) is 3.11. The first-order valence-electron chi connectivity index (χ1n) is 6.03. The Labute approximate surface area is 111 Å². The largest absolute Gasteiger partial charge is 0.466 e. The van der Waals surface area contributed by atoms with Gasteiger partial charge in [-0.15, -0.1) is 0 Å². The van der Waals surface area contributed by atoms with Crippen molar-refractivity contribution in [2.45, 2.75) is 31.6 Å². The van der Waals surface area contributed by atoms with Gasteiger partial charge < -0.3 is 4.74 Å². The molecule has 1 aromatic rings. The highest BCUT2D eigenvalue weighted by molar-refractivity contribution is 6.30. The Morgan fingerprint density at radius 1 is 1.28 bits per heavy atom. The highest BCUT2D eigenvalue weighted by atomic mass is 35.5. The van der Waals surface area contributed by atoms with E-state index in [2.05, 4.69) is 0 Å². The Bertz CT molecular complexity index is 460. The van der Waals surface area contributed by atoms with E-state index < -0.39 is 11.4 Å². The summed E-state index contributed by atoms with van der Waals surface area (Å²) < 4.78 is 4.81. The molecule has 0 atom stereocenters. The van der Waals surface area contributed by atoms with Crippen LogP contribution in [0.4, 0.5) is 0 Å². The second-order valence-corrected chi connectivity index (χ2v) is 4.93. The van der Waals surface area contributed by atoms with E-state index in [1.807, 2.05) is 12.1 Å². The van der Waals surface area contributed by atoms with Crippen molar-refractivity contribution < 1.29 is 14.3 Å². The highest BCUT2D eigenvalue weighted by Crippen LogP contribution is 2.49. The van der Waals surface area contributed by atoms with Gasteiger partial charge in [-0.1, -0.05) is 23.7 Å². The van der Waals surface area contributed by atoms with E-state index in [0.29, 0.717) is 11.6 Å². The van der Waals surface area contributed by atoms with Gasteiger partial charge in [0.2, 0.25) is 0 Å². The number of benzene rings is 1. The molecule has 0 spiro atoms. The van der Waals surface area contributed by atoms with Gasteiger partial charge in [0.1, 0.15) is 6.42 Å². The molecule has 0 saturated heterocycles. The molecule has 1 aliphatic rings. The lowest BCUT2D eigenvalue weighted by molar-refractivity contribution is -0.146. The molecule has 1 aromatic carbocycles. The molecule has 1 aliphatic carbocycles. The number of hydrogen-bond acceptors (Lipinski definition) is 3. The van der Waals surface area contributed by atoms with E-state index in [1.54, 1.807) is 19.1 Å². The van der Waals surface area contributed by atoms with Gasteiger partial charge in [-0.25, -0.2) is 0 Å². The van der Waals surface area contributed by atoms with Crippen molar-refractivity contribution in [3.05, 3.63) is 34.9 Å². The molecule has 0 amide bonds. The predicted octanol–water partition coefficient (Wildman–Crippen LogP) is 2.89. The summed E-state index contributed by atoms with van der Waals surface area (Å²) in [6.07, 6.45) is 1.45. The second kappa shape index (κ2) is 5.11. The highest BCUT2D eigenvalue weighted by Gasteiger charge is 2.51. The van der Waals surface area contributed by atoms with E-state index in [9.17, 15) is 9.59 Å². The van der Waals surface area contributed by atoms with Crippen molar-refractivity contribution in [1.82, 2.24) is 0 Å². The zero-order valence-electron chi connectivity index (χ0n) is 10.2. The van der Waals surface area contributed by atoms with Crippen LogP contribution in [0.3, 0.4) is 0 Å². The van der Waals surface area contributed by atoms with Crippen molar-refractivity contribution in [3.63, 3.8) is 0 Å². The summed E-state index contributed by atoms with van der Waals surface area (Å²) in [6, 6.07) is 7.26. The maximum Gasteiger partial charge on any atom is 0.313 e. The minimum absolute atomic E-state index is 0.0525. The molecule has 0 unspecified atom stereocenters. The number of Topliss-reactive ketones (excluding diaryl/α,β-unsaturated/α-hetero) is 1. The van der Waals surface area contributed by atoms with Crippen molar-refractivity contribution in [3.8, 4) is 0 Å². The first-order valence-corrected chi connectivity index (χ1v) is 6.41. The molecule has 1 fully saturated rings. The quantitative estimate of drug-likeness (QED) is 0.608. The van der Waals surface area contributed by atoms with Gasteiger partial charge in [-0.3, -0.25) is 9.59 Å². The summed E-state index contributed by atoms with van der Waals surface area (Å²) in [4.78, 5) is 23.5. The number of esters is 1. The molecule has 0 aromatic heterocycles. The summed E-state index contributed by atoms with van der Waals surface area (Å²) >= 11 is 5.83. The van der Waals surface area contributed by atoms with Gasteiger partial charge in [0, 0.05) is 5.02 Å². The monoisotopic (exact) mass is 266 g/mol. The van der Waals surface area contributed by atoms with Gasteiger partial charge in [-0.05, 0) is 37.5 Å². The third-order valence-electron chi connectivity index (χ3n) is 3.29. The van der Waals surface area contributed by atoms with Crippen LogP contribution in [0.1, 0.15) is 31.7 Å². The molecule has 0 bridgehead atoms. The first kappa shape index (κ1) is 13.1. The Morgan fingerprint density at radius 2 is 1.89 bits per heavy atom. The van der Waals surface area contributed by atoms with E-state index in [0.717, 1.165) is 18.4 Å². The van der Waals surface area contributed by atoms with Gasteiger partial charge in [0.05, 0.1) is 12.0 Å². The number of carbonyl (C=O) groups is 2. The smallest absolute Gasteiger partial charge is 0.313 e.